The van der Waals surface area contributed by atoms with E-state index in [1.807, 2.05) is 13.0 Å². The summed E-state index contributed by atoms with van der Waals surface area (Å²) in [5, 5.41) is -0.174. The number of nitrogens with zero attached hydrogens (tertiary/aromatic N) is 1. The van der Waals surface area contributed by atoms with E-state index in [1.165, 1.54) is 0 Å². The van der Waals surface area contributed by atoms with E-state index in [4.69, 9.17) is 0 Å². The van der Waals surface area contributed by atoms with Crippen LogP contribution in [-0.2, 0) is 20.0 Å². The van der Waals surface area contributed by atoms with Crippen LogP contribution < -0.4 is 4.72 Å². The van der Waals surface area contributed by atoms with E-state index in [2.05, 4.69) is 4.72 Å². The largest absolute Gasteiger partial charge is 0.240 e. The van der Waals surface area contributed by atoms with Gasteiger partial charge in [-0.2, -0.15) is 0 Å². The first-order chi connectivity index (χ1) is 11.7. The van der Waals surface area contributed by atoms with Gasteiger partial charge >= 0.3 is 0 Å². The molecule has 1 N–H and O–H groups in total. The molecule has 1 aromatic rings. The number of nitrogens with one attached hydrogen (secondary N) is 1. The molecule has 1 saturated carbocycles. The van der Waals surface area contributed by atoms with Crippen molar-refractivity contribution in [1.29, 1.82) is 0 Å². The van der Waals surface area contributed by atoms with Crippen LogP contribution in [0.3, 0.4) is 0 Å². The van der Waals surface area contributed by atoms with Gasteiger partial charge in [-0.3, -0.25) is 0 Å². The van der Waals surface area contributed by atoms with Crippen molar-refractivity contribution in [2.45, 2.75) is 49.7 Å². The third-order valence-electron chi connectivity index (χ3n) is 5.06. The van der Waals surface area contributed by atoms with E-state index in [-0.39, 0.29) is 11.2 Å². The summed E-state index contributed by atoms with van der Waals surface area (Å²) in [5.41, 5.74) is 1.76. The van der Waals surface area contributed by atoms with Crippen LogP contribution in [0.1, 0.15) is 36.8 Å². The Bertz CT molecular complexity index is 837. The zero-order valence-corrected chi connectivity index (χ0v) is 16.4. The smallest absolute Gasteiger partial charge is 0.212 e. The summed E-state index contributed by atoms with van der Waals surface area (Å²) in [6.07, 6.45) is 2.94. The highest BCUT2D eigenvalue weighted by Crippen LogP contribution is 2.33. The summed E-state index contributed by atoms with van der Waals surface area (Å²) in [4.78, 5) is 0.312. The fourth-order valence-electron chi connectivity index (χ4n) is 3.35. The molecule has 1 saturated heterocycles. The lowest BCUT2D eigenvalue weighted by Gasteiger charge is -2.31. The Morgan fingerprint density at radius 2 is 1.68 bits per heavy atom. The number of rotatable bonds is 6. The van der Waals surface area contributed by atoms with Crippen LogP contribution in [0.15, 0.2) is 23.1 Å². The Morgan fingerprint density at radius 3 is 2.24 bits per heavy atom. The van der Waals surface area contributed by atoms with Crippen molar-refractivity contribution in [3.63, 3.8) is 0 Å². The van der Waals surface area contributed by atoms with Crippen molar-refractivity contribution in [1.82, 2.24) is 9.03 Å². The van der Waals surface area contributed by atoms with Crippen LogP contribution in [-0.4, -0.2) is 46.0 Å². The number of benzene rings is 1. The molecule has 0 spiro atoms. The molecule has 1 aliphatic heterocycles. The Labute approximate surface area is 150 Å². The third kappa shape index (κ3) is 4.24. The molecule has 0 bridgehead atoms. The van der Waals surface area contributed by atoms with Crippen molar-refractivity contribution in [2.24, 2.45) is 5.92 Å². The molecule has 1 heterocycles. The Balaban J connectivity index is 1.56. The Morgan fingerprint density at radius 1 is 1.04 bits per heavy atom. The second kappa shape index (κ2) is 6.98. The average Bonchev–Trinajstić information content (AvgIpc) is 3.38. The quantitative estimate of drug-likeness (QED) is 0.808. The lowest BCUT2D eigenvalue weighted by atomic mass is 9.99. The van der Waals surface area contributed by atoms with Crippen LogP contribution >= 0.6 is 0 Å². The van der Waals surface area contributed by atoms with E-state index in [0.29, 0.717) is 37.4 Å². The average molecular weight is 387 g/mol. The minimum absolute atomic E-state index is 0.172. The second-order valence-corrected chi connectivity index (χ2v) is 11.2. The maximum atomic E-state index is 12.5. The van der Waals surface area contributed by atoms with Gasteiger partial charge in [-0.05, 0) is 57.1 Å². The van der Waals surface area contributed by atoms with Crippen molar-refractivity contribution in [2.75, 3.05) is 19.6 Å². The molecule has 6 nitrogen and oxygen atoms in total. The van der Waals surface area contributed by atoms with Crippen molar-refractivity contribution in [3.05, 3.63) is 29.3 Å². The predicted molar refractivity (Wildman–Crippen MR) is 97.3 cm³/mol. The van der Waals surface area contributed by atoms with Crippen molar-refractivity contribution >= 4 is 20.0 Å². The highest BCUT2D eigenvalue weighted by molar-refractivity contribution is 7.90. The molecule has 8 heteroatoms. The molecule has 0 amide bonds. The maximum Gasteiger partial charge on any atom is 0.240 e. The third-order valence-corrected chi connectivity index (χ3v) is 9.04. The molecule has 0 unspecified atom stereocenters. The zero-order valence-electron chi connectivity index (χ0n) is 14.7. The molecular formula is C17H26N2O4S2. The summed E-state index contributed by atoms with van der Waals surface area (Å²) in [5.74, 6) is 0.172. The molecule has 140 valence electrons. The highest BCUT2D eigenvalue weighted by Gasteiger charge is 2.41. The predicted octanol–water partition coefficient (Wildman–Crippen LogP) is 1.79. The minimum Gasteiger partial charge on any atom is -0.212 e. The topological polar surface area (TPSA) is 83.6 Å². The maximum absolute atomic E-state index is 12.5. The van der Waals surface area contributed by atoms with Crippen LogP contribution in [0.5, 0.6) is 0 Å². The normalized spacial score (nSPS) is 20.7. The Kier molecular flexibility index (Phi) is 5.26. The number of sulfonamides is 2. The van der Waals surface area contributed by atoms with E-state index in [1.54, 1.807) is 23.4 Å². The van der Waals surface area contributed by atoms with Crippen LogP contribution in [0.25, 0.3) is 0 Å². The van der Waals surface area contributed by atoms with Gasteiger partial charge < -0.3 is 0 Å². The standard InChI is InChI=1S/C17H26N2O4S2/c1-13-3-6-17(14(2)11-13)24(20,21)18-12-15-7-9-19(10-8-15)25(22,23)16-4-5-16/h3,6,11,15-16,18H,4-5,7-10,12H2,1-2H3. The number of hydrogen-bond acceptors (Lipinski definition) is 4. The summed E-state index contributed by atoms with van der Waals surface area (Å²) < 4.78 is 53.8. The highest BCUT2D eigenvalue weighted by atomic mass is 32.2. The lowest BCUT2D eigenvalue weighted by Crippen LogP contribution is -2.42. The van der Waals surface area contributed by atoms with Gasteiger partial charge in [-0.25, -0.2) is 25.9 Å². The monoisotopic (exact) mass is 386 g/mol. The molecule has 0 radical (unpaired) electrons. The van der Waals surface area contributed by atoms with Gasteiger partial charge in [0.05, 0.1) is 10.1 Å². The molecule has 1 aromatic carbocycles. The molecule has 0 aromatic heterocycles. The molecule has 2 aliphatic rings. The molecular weight excluding hydrogens is 360 g/mol. The molecule has 1 aliphatic carbocycles. The number of aryl methyl sites for hydroxylation is 2. The van der Waals surface area contributed by atoms with Gasteiger partial charge in [-0.15, -0.1) is 0 Å². The van der Waals surface area contributed by atoms with Gasteiger partial charge in [0.15, 0.2) is 0 Å². The summed E-state index contributed by atoms with van der Waals surface area (Å²) in [7, 11) is -6.65. The van der Waals surface area contributed by atoms with Crippen molar-refractivity contribution < 1.29 is 16.8 Å². The molecule has 3 rings (SSSR count). The second-order valence-electron chi connectivity index (χ2n) is 7.21. The minimum atomic E-state index is -3.53. The SMILES string of the molecule is Cc1ccc(S(=O)(=O)NCC2CCN(S(=O)(=O)C3CC3)CC2)c(C)c1. The van der Waals surface area contributed by atoms with Gasteiger partial charge in [0.2, 0.25) is 20.0 Å². The van der Waals surface area contributed by atoms with Crippen molar-refractivity contribution in [3.8, 4) is 0 Å². The van der Waals surface area contributed by atoms with E-state index in [9.17, 15) is 16.8 Å². The fraction of sp³-hybridized carbons (Fsp3) is 0.647. The van der Waals surface area contributed by atoms with Crippen LogP contribution in [0.2, 0.25) is 0 Å². The molecule has 25 heavy (non-hydrogen) atoms. The van der Waals surface area contributed by atoms with E-state index < -0.39 is 20.0 Å². The van der Waals surface area contributed by atoms with E-state index >= 15 is 0 Å². The molecule has 0 atom stereocenters. The molecule has 2 fully saturated rings. The Hall–Kier alpha value is -0.960. The first-order valence-corrected chi connectivity index (χ1v) is 11.7. The van der Waals surface area contributed by atoms with Gasteiger partial charge in [0, 0.05) is 19.6 Å². The summed E-state index contributed by atoms with van der Waals surface area (Å²) in [6, 6.07) is 5.29. The van der Waals surface area contributed by atoms with Gasteiger partial charge in [0.25, 0.3) is 0 Å². The van der Waals surface area contributed by atoms with Gasteiger partial charge in [-0.1, -0.05) is 17.7 Å². The summed E-state index contributed by atoms with van der Waals surface area (Å²) in [6.45, 7) is 5.07. The van der Waals surface area contributed by atoms with Crippen LogP contribution in [0.4, 0.5) is 0 Å². The zero-order chi connectivity index (χ0) is 18.2. The van der Waals surface area contributed by atoms with Crippen LogP contribution in [0, 0.1) is 19.8 Å². The first-order valence-electron chi connectivity index (χ1n) is 8.76. The van der Waals surface area contributed by atoms with Gasteiger partial charge in [0.1, 0.15) is 0 Å². The van der Waals surface area contributed by atoms with E-state index in [0.717, 1.165) is 24.0 Å². The lowest BCUT2D eigenvalue weighted by molar-refractivity contribution is 0.274. The first kappa shape index (κ1) is 18.8. The summed E-state index contributed by atoms with van der Waals surface area (Å²) >= 11 is 0. The number of hydrogen-bond donors (Lipinski definition) is 1. The fourth-order valence-corrected chi connectivity index (χ4v) is 6.56. The number of piperidine rings is 1.